The fourth-order valence-corrected chi connectivity index (χ4v) is 6.26. The van der Waals surface area contributed by atoms with Gasteiger partial charge in [0.05, 0.1) is 12.6 Å². The van der Waals surface area contributed by atoms with E-state index in [4.69, 9.17) is 17.2 Å². The number of aryl methyl sites for hydroxylation is 1. The summed E-state index contributed by atoms with van der Waals surface area (Å²) in [7, 11) is 1.43. The van der Waals surface area contributed by atoms with E-state index in [1.165, 1.54) is 24.1 Å². The number of aliphatic hydroxyl groups excluding tert-OH is 1. The Balaban J connectivity index is 1.63. The maximum Gasteiger partial charge on any atom is 0.254 e. The molecule has 1 radical (unpaired) electrons. The zero-order valence-corrected chi connectivity index (χ0v) is 30.4. The van der Waals surface area contributed by atoms with Crippen LogP contribution in [0.1, 0.15) is 42.4 Å². The van der Waals surface area contributed by atoms with Gasteiger partial charge in [-0.1, -0.05) is 66.7 Å². The van der Waals surface area contributed by atoms with Crippen LogP contribution in [0.15, 0.2) is 91.0 Å². The first-order valence-electron chi connectivity index (χ1n) is 17.9. The molecule has 0 spiro atoms. The predicted molar refractivity (Wildman–Crippen MR) is 206 cm³/mol. The van der Waals surface area contributed by atoms with Crippen molar-refractivity contribution in [3.63, 3.8) is 0 Å². The number of hydrogen-bond donors (Lipinski definition) is 6. The zero-order chi connectivity index (χ0) is 39.2. The van der Waals surface area contributed by atoms with Gasteiger partial charge in [-0.3, -0.25) is 28.9 Å². The average molecular weight is 738 g/mol. The number of unbranched alkanes of at least 4 members (excludes halogenated alkanes) is 1. The van der Waals surface area contributed by atoms with Gasteiger partial charge in [-0.05, 0) is 90.4 Å². The molecule has 9 N–H and O–H groups in total. The number of aliphatic hydroxyl groups is 1. The summed E-state index contributed by atoms with van der Waals surface area (Å²) in [5.74, 6) is -3.16. The summed E-state index contributed by atoms with van der Waals surface area (Å²) < 4.78 is 0. The fraction of sp³-hybridized carbons (Fsp3) is 0.341. The first-order valence-corrected chi connectivity index (χ1v) is 17.9. The van der Waals surface area contributed by atoms with Crippen LogP contribution < -0.4 is 22.5 Å². The highest BCUT2D eigenvalue weighted by Crippen LogP contribution is 2.22. The van der Waals surface area contributed by atoms with Crippen LogP contribution in [0.25, 0.3) is 10.8 Å². The lowest BCUT2D eigenvalue weighted by Gasteiger charge is -2.35. The Morgan fingerprint density at radius 3 is 2.19 bits per heavy atom. The summed E-state index contributed by atoms with van der Waals surface area (Å²) in [6, 6.07) is 20.8. The third-order valence-corrected chi connectivity index (χ3v) is 9.43. The van der Waals surface area contributed by atoms with E-state index in [9.17, 15) is 34.2 Å². The highest BCUT2D eigenvalue weighted by Gasteiger charge is 2.41. The lowest BCUT2D eigenvalue weighted by Crippen LogP contribution is -2.61. The minimum atomic E-state index is -1.66. The van der Waals surface area contributed by atoms with E-state index in [2.05, 4.69) is 5.32 Å². The number of imide groups is 1. The second-order valence-corrected chi connectivity index (χ2v) is 13.3. The van der Waals surface area contributed by atoms with Gasteiger partial charge in [-0.15, -0.1) is 0 Å². The SMILES string of the molecule is CN(C(=O)CCc1ccc(N)cc1)[C@@H](Cc1ccc(O)cc1)C(=O)N(C(=O)[C@H](CO)NC(=O)[C@@H](N)Cc1cccc2ccccc12)[C@@H]([C]=O)CCCCN. The van der Waals surface area contributed by atoms with Crippen LogP contribution in [-0.2, 0) is 43.2 Å². The van der Waals surface area contributed by atoms with Crippen LogP contribution in [0.2, 0.25) is 0 Å². The van der Waals surface area contributed by atoms with E-state index in [0.717, 1.165) is 21.9 Å². The molecule has 13 nitrogen and oxygen atoms in total. The van der Waals surface area contributed by atoms with E-state index in [1.807, 2.05) is 42.5 Å². The van der Waals surface area contributed by atoms with Crippen LogP contribution in [0.3, 0.4) is 0 Å². The molecule has 54 heavy (non-hydrogen) atoms. The summed E-state index contributed by atoms with van der Waals surface area (Å²) in [6.45, 7) is -0.616. The predicted octanol–water partition coefficient (Wildman–Crippen LogP) is 2.14. The maximum absolute atomic E-state index is 14.7. The maximum atomic E-state index is 14.7. The van der Waals surface area contributed by atoms with Crippen molar-refractivity contribution in [1.82, 2.24) is 15.1 Å². The molecule has 0 unspecified atom stereocenters. The Hall–Kier alpha value is -5.63. The van der Waals surface area contributed by atoms with Gasteiger partial charge in [0.2, 0.25) is 18.1 Å². The van der Waals surface area contributed by atoms with Crippen molar-refractivity contribution in [2.24, 2.45) is 11.5 Å². The number of phenols is 1. The van der Waals surface area contributed by atoms with Gasteiger partial charge in [0.15, 0.2) is 0 Å². The number of nitrogens with zero attached hydrogens (tertiary/aromatic N) is 2. The number of likely N-dealkylation sites (N-methyl/N-ethyl adjacent to an activating group) is 1. The van der Waals surface area contributed by atoms with Crippen LogP contribution >= 0.6 is 0 Å². The van der Waals surface area contributed by atoms with Crippen molar-refractivity contribution >= 4 is 46.4 Å². The number of rotatable bonds is 19. The van der Waals surface area contributed by atoms with Gasteiger partial charge in [0, 0.05) is 25.6 Å². The topological polar surface area (TPSA) is 222 Å². The molecule has 4 atom stereocenters. The largest absolute Gasteiger partial charge is 0.508 e. The highest BCUT2D eigenvalue weighted by molar-refractivity contribution is 6.04. The summed E-state index contributed by atoms with van der Waals surface area (Å²) in [6.07, 6.45) is 3.03. The molecule has 0 aliphatic carbocycles. The van der Waals surface area contributed by atoms with Gasteiger partial charge < -0.3 is 37.6 Å². The third-order valence-electron chi connectivity index (χ3n) is 9.43. The average Bonchev–Trinajstić information content (AvgIpc) is 3.18. The number of nitrogens with one attached hydrogen (secondary N) is 1. The van der Waals surface area contributed by atoms with Crippen molar-refractivity contribution in [3.8, 4) is 5.75 Å². The van der Waals surface area contributed by atoms with E-state index >= 15 is 0 Å². The number of anilines is 1. The van der Waals surface area contributed by atoms with Crippen LogP contribution in [0.4, 0.5) is 5.69 Å². The molecule has 0 aliphatic rings. The van der Waals surface area contributed by atoms with Gasteiger partial charge >= 0.3 is 0 Å². The molecule has 285 valence electrons. The Labute approximate surface area is 315 Å². The van der Waals surface area contributed by atoms with Crippen molar-refractivity contribution < 1.29 is 34.2 Å². The van der Waals surface area contributed by atoms with Crippen molar-refractivity contribution in [1.29, 1.82) is 0 Å². The summed E-state index contributed by atoms with van der Waals surface area (Å²) in [5, 5.41) is 24.6. The first-order chi connectivity index (χ1) is 26.0. The lowest BCUT2D eigenvalue weighted by molar-refractivity contribution is -0.155. The fourth-order valence-electron chi connectivity index (χ4n) is 6.26. The third kappa shape index (κ3) is 10.9. The normalized spacial score (nSPS) is 13.3. The van der Waals surface area contributed by atoms with E-state index in [0.29, 0.717) is 42.0 Å². The Bertz CT molecular complexity index is 1880. The number of nitrogens with two attached hydrogens (primary N) is 3. The number of carbonyl (C=O) groups excluding carboxylic acids is 5. The number of aromatic hydroxyl groups is 1. The molecule has 0 heterocycles. The van der Waals surface area contributed by atoms with Crippen molar-refractivity contribution in [2.75, 3.05) is 25.9 Å². The molecule has 0 aromatic heterocycles. The molecule has 0 bridgehead atoms. The molecule has 0 fully saturated rings. The van der Waals surface area contributed by atoms with Crippen molar-refractivity contribution in [2.45, 2.75) is 69.1 Å². The quantitative estimate of drug-likeness (QED) is 0.0608. The van der Waals surface area contributed by atoms with Crippen LogP contribution in [0, 0.1) is 0 Å². The van der Waals surface area contributed by atoms with Gasteiger partial charge in [0.25, 0.3) is 11.8 Å². The highest BCUT2D eigenvalue weighted by atomic mass is 16.3. The molecule has 0 saturated carbocycles. The number of amides is 4. The Kier molecular flexibility index (Phi) is 15.2. The Morgan fingerprint density at radius 2 is 1.52 bits per heavy atom. The number of phenolic OH excluding ortho intramolecular Hbond substituents is 1. The Morgan fingerprint density at radius 1 is 0.852 bits per heavy atom. The van der Waals surface area contributed by atoms with Crippen LogP contribution in [-0.4, -0.2) is 94.3 Å². The molecule has 4 amide bonds. The monoisotopic (exact) mass is 737 g/mol. The summed E-state index contributed by atoms with van der Waals surface area (Å²) in [4.78, 5) is 70.5. The van der Waals surface area contributed by atoms with Gasteiger partial charge in [0.1, 0.15) is 23.9 Å². The molecule has 13 heteroatoms. The minimum absolute atomic E-state index is 0.00555. The number of nitrogen functional groups attached to an aromatic ring is 1. The van der Waals surface area contributed by atoms with E-state index < -0.39 is 54.4 Å². The van der Waals surface area contributed by atoms with E-state index in [1.54, 1.807) is 42.7 Å². The molecule has 4 rings (SSSR count). The summed E-state index contributed by atoms with van der Waals surface area (Å²) in [5.41, 5.74) is 20.6. The molecule has 4 aromatic carbocycles. The molecule has 0 aliphatic heterocycles. The number of benzene rings is 4. The second kappa shape index (κ2) is 20.0. The molecular weight excluding hydrogens is 688 g/mol. The summed E-state index contributed by atoms with van der Waals surface area (Å²) >= 11 is 0. The van der Waals surface area contributed by atoms with Crippen LogP contribution in [0.5, 0.6) is 5.75 Å². The zero-order valence-electron chi connectivity index (χ0n) is 30.4. The number of hydrogen-bond acceptors (Lipinski definition) is 10. The molecule has 4 aromatic rings. The smallest absolute Gasteiger partial charge is 0.254 e. The molecular formula is C41H49N6O7. The van der Waals surface area contributed by atoms with Gasteiger partial charge in [-0.2, -0.15) is 0 Å². The lowest BCUT2D eigenvalue weighted by atomic mass is 9.98. The molecule has 0 saturated heterocycles. The minimum Gasteiger partial charge on any atom is -0.508 e. The number of carbonyl (C=O) groups is 4. The van der Waals surface area contributed by atoms with Crippen molar-refractivity contribution in [3.05, 3.63) is 108 Å². The van der Waals surface area contributed by atoms with Gasteiger partial charge in [-0.25, -0.2) is 0 Å². The second-order valence-electron chi connectivity index (χ2n) is 13.3. The first kappa shape index (κ1) is 41.1. The standard InChI is InChI=1S/C41H49N6O7/c1-46(38(51)21-16-27-12-17-31(43)18-13-27)37(23-28-14-19-33(50)20-15-28)41(54)47(32(25-48)10-4-5-22-42)40(53)36(26-49)45-39(52)35(44)24-30-9-6-8-29-7-2-3-11-34(29)30/h2-3,6-9,11-15,17-20,32,35-37,49-50H,4-5,10,16,21-24,26,42-44H2,1H3,(H,45,52)/t32-,35+,36+,37+/m1/s1. The number of fused-ring (bicyclic) bond motifs is 1. The van der Waals surface area contributed by atoms with E-state index in [-0.39, 0.29) is 31.4 Å².